The first-order chi connectivity index (χ1) is 12.9. The maximum Gasteiger partial charge on any atom is 0.291 e. The molecule has 1 fully saturated rings. The molecule has 0 unspecified atom stereocenters. The number of sulfone groups is 1. The van der Waals surface area contributed by atoms with E-state index in [2.05, 4.69) is 15.4 Å². The smallest absolute Gasteiger partial charge is 0.291 e. The molecule has 1 amide bonds. The molecule has 0 aliphatic carbocycles. The number of carbonyl (C=O) groups excluding carboxylic acids is 1. The van der Waals surface area contributed by atoms with Gasteiger partial charge in [-0.05, 0) is 36.1 Å². The van der Waals surface area contributed by atoms with Gasteiger partial charge in [0.1, 0.15) is 5.82 Å². The van der Waals surface area contributed by atoms with E-state index in [1.54, 1.807) is 12.1 Å². The summed E-state index contributed by atoms with van der Waals surface area (Å²) in [5.41, 5.74) is 0.438. The van der Waals surface area contributed by atoms with Gasteiger partial charge < -0.3 is 5.32 Å². The van der Waals surface area contributed by atoms with Gasteiger partial charge in [-0.1, -0.05) is 12.1 Å². The summed E-state index contributed by atoms with van der Waals surface area (Å²) in [4.78, 5) is 17.6. The molecule has 2 aromatic heterocycles. The van der Waals surface area contributed by atoms with Gasteiger partial charge in [0.05, 0.1) is 22.1 Å². The SMILES string of the molecule is O=C(N[C@H]1CCS(=O)(=O)C1)c1nc(-c2cccs2)n(-c2cccc(F)c2)n1. The van der Waals surface area contributed by atoms with Crippen molar-refractivity contribution in [2.45, 2.75) is 12.5 Å². The van der Waals surface area contributed by atoms with Crippen molar-refractivity contribution in [3.63, 3.8) is 0 Å². The van der Waals surface area contributed by atoms with Crippen LogP contribution in [-0.2, 0) is 9.84 Å². The molecule has 4 rings (SSSR count). The van der Waals surface area contributed by atoms with Crippen molar-refractivity contribution in [3.8, 4) is 16.4 Å². The van der Waals surface area contributed by atoms with Crippen LogP contribution in [0.2, 0.25) is 0 Å². The molecular formula is C17H15FN4O3S2. The van der Waals surface area contributed by atoms with Gasteiger partial charge in [-0.25, -0.2) is 22.5 Å². The van der Waals surface area contributed by atoms with Gasteiger partial charge in [-0.3, -0.25) is 4.79 Å². The molecule has 27 heavy (non-hydrogen) atoms. The highest BCUT2D eigenvalue weighted by Crippen LogP contribution is 2.26. The molecule has 0 spiro atoms. The Morgan fingerprint density at radius 3 is 2.81 bits per heavy atom. The number of nitrogens with one attached hydrogen (secondary N) is 1. The maximum absolute atomic E-state index is 13.6. The Hall–Kier alpha value is -2.59. The second-order valence-electron chi connectivity index (χ2n) is 6.20. The van der Waals surface area contributed by atoms with E-state index in [0.717, 1.165) is 4.88 Å². The zero-order chi connectivity index (χ0) is 19.0. The van der Waals surface area contributed by atoms with Crippen LogP contribution in [0.15, 0.2) is 41.8 Å². The van der Waals surface area contributed by atoms with Gasteiger partial charge in [0.2, 0.25) is 5.82 Å². The normalized spacial score (nSPS) is 18.5. The lowest BCUT2D eigenvalue weighted by Crippen LogP contribution is -2.36. The Balaban J connectivity index is 1.68. The monoisotopic (exact) mass is 406 g/mol. The van der Waals surface area contributed by atoms with Gasteiger partial charge in [0.15, 0.2) is 15.7 Å². The summed E-state index contributed by atoms with van der Waals surface area (Å²) < 4.78 is 38.2. The summed E-state index contributed by atoms with van der Waals surface area (Å²) in [6.45, 7) is 0. The first kappa shape index (κ1) is 17.8. The van der Waals surface area contributed by atoms with Crippen LogP contribution in [0.5, 0.6) is 0 Å². The minimum Gasteiger partial charge on any atom is -0.345 e. The Morgan fingerprint density at radius 1 is 1.30 bits per heavy atom. The van der Waals surface area contributed by atoms with Gasteiger partial charge in [0.25, 0.3) is 5.91 Å². The predicted molar refractivity (Wildman–Crippen MR) is 99.2 cm³/mol. The molecule has 3 heterocycles. The van der Waals surface area contributed by atoms with Gasteiger partial charge in [0, 0.05) is 6.04 Å². The number of benzene rings is 1. The van der Waals surface area contributed by atoms with Crippen molar-refractivity contribution in [1.29, 1.82) is 0 Å². The molecule has 140 valence electrons. The van der Waals surface area contributed by atoms with Crippen molar-refractivity contribution in [2.75, 3.05) is 11.5 Å². The predicted octanol–water partition coefficient (Wildman–Crippen LogP) is 2.05. The zero-order valence-corrected chi connectivity index (χ0v) is 15.6. The topological polar surface area (TPSA) is 94.0 Å². The standard InChI is InChI=1S/C17H15FN4O3S2/c18-11-3-1-4-13(9-11)22-16(14-5-2-7-26-14)20-15(21-22)17(23)19-12-6-8-27(24,25)10-12/h1-5,7,9,12H,6,8,10H2,(H,19,23)/t12-/m0/s1. The first-order valence-corrected chi connectivity index (χ1v) is 10.9. The molecule has 1 saturated heterocycles. The van der Waals surface area contributed by atoms with Crippen molar-refractivity contribution >= 4 is 27.1 Å². The van der Waals surface area contributed by atoms with E-state index in [1.165, 1.54) is 28.2 Å². The van der Waals surface area contributed by atoms with E-state index in [4.69, 9.17) is 0 Å². The molecule has 1 atom stereocenters. The van der Waals surface area contributed by atoms with E-state index in [9.17, 15) is 17.6 Å². The third kappa shape index (κ3) is 3.76. The fourth-order valence-corrected chi connectivity index (χ4v) is 5.29. The van der Waals surface area contributed by atoms with E-state index in [0.29, 0.717) is 17.9 Å². The van der Waals surface area contributed by atoms with Crippen LogP contribution < -0.4 is 5.32 Å². The quantitative estimate of drug-likeness (QED) is 0.716. The summed E-state index contributed by atoms with van der Waals surface area (Å²) in [5, 5.41) is 8.78. The molecule has 0 radical (unpaired) electrons. The highest BCUT2D eigenvalue weighted by molar-refractivity contribution is 7.91. The number of hydrogen-bond donors (Lipinski definition) is 1. The Morgan fingerprint density at radius 2 is 2.15 bits per heavy atom. The molecule has 1 aliphatic heterocycles. The average molecular weight is 406 g/mol. The van der Waals surface area contributed by atoms with Crippen LogP contribution >= 0.6 is 11.3 Å². The number of amides is 1. The molecular weight excluding hydrogens is 391 g/mol. The lowest BCUT2D eigenvalue weighted by atomic mass is 10.2. The zero-order valence-electron chi connectivity index (χ0n) is 14.0. The highest BCUT2D eigenvalue weighted by Gasteiger charge is 2.30. The molecule has 10 heteroatoms. The van der Waals surface area contributed by atoms with Crippen molar-refractivity contribution in [2.24, 2.45) is 0 Å². The molecule has 3 aromatic rings. The second kappa shape index (κ2) is 6.86. The minimum atomic E-state index is -3.11. The number of aromatic nitrogens is 3. The maximum atomic E-state index is 13.6. The average Bonchev–Trinajstić information content (AvgIpc) is 3.33. The number of thiophene rings is 1. The van der Waals surface area contributed by atoms with Crippen LogP contribution in [0.3, 0.4) is 0 Å². The van der Waals surface area contributed by atoms with Gasteiger partial charge >= 0.3 is 0 Å². The lowest BCUT2D eigenvalue weighted by molar-refractivity contribution is 0.0930. The Bertz CT molecular complexity index is 1090. The van der Waals surface area contributed by atoms with Crippen LogP contribution in [-0.4, -0.2) is 46.6 Å². The van der Waals surface area contributed by atoms with E-state index in [1.807, 2.05) is 17.5 Å². The molecule has 0 saturated carbocycles. The van der Waals surface area contributed by atoms with Crippen LogP contribution in [0, 0.1) is 5.82 Å². The van der Waals surface area contributed by atoms with Crippen molar-refractivity contribution in [1.82, 2.24) is 20.1 Å². The van der Waals surface area contributed by atoms with Gasteiger partial charge in [-0.2, -0.15) is 0 Å². The number of hydrogen-bond acceptors (Lipinski definition) is 6. The summed E-state index contributed by atoms with van der Waals surface area (Å²) in [7, 11) is -3.11. The van der Waals surface area contributed by atoms with Crippen molar-refractivity contribution < 1.29 is 17.6 Å². The summed E-state index contributed by atoms with van der Waals surface area (Å²) in [6.07, 6.45) is 0.371. The molecule has 1 aliphatic rings. The third-order valence-electron chi connectivity index (χ3n) is 4.17. The number of nitrogens with zero attached hydrogens (tertiary/aromatic N) is 3. The molecule has 1 aromatic carbocycles. The van der Waals surface area contributed by atoms with Crippen molar-refractivity contribution in [3.05, 3.63) is 53.4 Å². The summed E-state index contributed by atoms with van der Waals surface area (Å²) in [6, 6.07) is 9.06. The van der Waals surface area contributed by atoms with Crippen LogP contribution in [0.4, 0.5) is 4.39 Å². The Labute approximate surface area is 158 Å². The molecule has 1 N–H and O–H groups in total. The van der Waals surface area contributed by atoms with Crippen LogP contribution in [0.25, 0.3) is 16.4 Å². The van der Waals surface area contributed by atoms with E-state index < -0.39 is 27.6 Å². The minimum absolute atomic E-state index is 0.0591. The third-order valence-corrected chi connectivity index (χ3v) is 6.81. The molecule has 0 bridgehead atoms. The first-order valence-electron chi connectivity index (χ1n) is 8.19. The lowest BCUT2D eigenvalue weighted by Gasteiger charge is -2.08. The van der Waals surface area contributed by atoms with E-state index >= 15 is 0 Å². The number of rotatable bonds is 4. The second-order valence-corrected chi connectivity index (χ2v) is 9.38. The largest absolute Gasteiger partial charge is 0.345 e. The summed E-state index contributed by atoms with van der Waals surface area (Å²) >= 11 is 1.42. The number of carbonyl (C=O) groups is 1. The fourth-order valence-electron chi connectivity index (χ4n) is 2.92. The van der Waals surface area contributed by atoms with Gasteiger partial charge in [-0.15, -0.1) is 16.4 Å². The Kier molecular flexibility index (Phi) is 4.52. The highest BCUT2D eigenvalue weighted by atomic mass is 32.2. The molecule has 7 nitrogen and oxygen atoms in total. The summed E-state index contributed by atoms with van der Waals surface area (Å²) in [5.74, 6) is -0.677. The van der Waals surface area contributed by atoms with E-state index in [-0.39, 0.29) is 17.3 Å². The fraction of sp³-hybridized carbons (Fsp3) is 0.235. The van der Waals surface area contributed by atoms with Crippen LogP contribution in [0.1, 0.15) is 17.0 Å². The number of halogens is 1.